The lowest BCUT2D eigenvalue weighted by atomic mass is 9.44. The first kappa shape index (κ1) is 72.8. The molecule has 0 aromatic rings. The molecule has 12 heteroatoms. The smallest absolute Gasteiger partial charge is 0.462 e. The number of fused-ring (bicyclic) bond motifs is 5. The summed E-state index contributed by atoms with van der Waals surface area (Å²) >= 11 is 0. The zero-order valence-electron chi connectivity index (χ0n) is 54.5. The minimum absolute atomic E-state index is 0.0579. The zero-order chi connectivity index (χ0) is 60.8. The number of carbonyl (C=O) groups is 6. The van der Waals surface area contributed by atoms with Gasteiger partial charge in [0.05, 0.1) is 0 Å². The first-order chi connectivity index (χ1) is 40.6. The van der Waals surface area contributed by atoms with Crippen LogP contribution in [0.3, 0.4) is 0 Å². The Morgan fingerprint density at radius 3 is 1.50 bits per heavy atom. The minimum atomic E-state index is -1.09. The molecular formula is C72H122O12. The first-order valence-electron chi connectivity index (χ1n) is 35.0. The van der Waals surface area contributed by atoms with Gasteiger partial charge >= 0.3 is 30.0 Å². The minimum Gasteiger partial charge on any atom is -0.462 e. The maximum Gasteiger partial charge on any atom is 0.511 e. The summed E-state index contributed by atoms with van der Waals surface area (Å²) in [5.74, 6) is 1.28. The quantitative estimate of drug-likeness (QED) is 0.0187. The molecule has 4 fully saturated rings. The Labute approximate surface area is 511 Å². The van der Waals surface area contributed by atoms with Gasteiger partial charge in [-0.3, -0.25) is 24.0 Å². The first-order valence-corrected chi connectivity index (χ1v) is 35.0. The van der Waals surface area contributed by atoms with Gasteiger partial charge in [-0.1, -0.05) is 174 Å². The lowest BCUT2D eigenvalue weighted by Crippen LogP contribution is -2.54. The van der Waals surface area contributed by atoms with Crippen LogP contribution in [0.25, 0.3) is 0 Å². The lowest BCUT2D eigenvalue weighted by Gasteiger charge is -2.61. The van der Waals surface area contributed by atoms with Crippen LogP contribution in [0.1, 0.15) is 318 Å². The molecule has 0 saturated heterocycles. The van der Waals surface area contributed by atoms with E-state index in [1.165, 1.54) is 116 Å². The van der Waals surface area contributed by atoms with Crippen LogP contribution in [0.15, 0.2) is 24.3 Å². The van der Waals surface area contributed by atoms with Crippen LogP contribution in [-0.2, 0) is 52.4 Å². The van der Waals surface area contributed by atoms with Crippen LogP contribution in [0, 0.1) is 46.3 Å². The number of allylic oxidation sites excluding steroid dienone is 4. The molecule has 0 spiro atoms. The molecule has 84 heavy (non-hydrogen) atoms. The van der Waals surface area contributed by atoms with Crippen LogP contribution in [0.4, 0.5) is 4.79 Å². The Bertz CT molecular complexity index is 1870. The molecule has 0 amide bonds. The molecule has 3 unspecified atom stereocenters. The van der Waals surface area contributed by atoms with E-state index in [2.05, 4.69) is 52.0 Å². The Morgan fingerprint density at radius 1 is 0.488 bits per heavy atom. The average Bonchev–Trinajstić information content (AvgIpc) is 1.81. The summed E-state index contributed by atoms with van der Waals surface area (Å²) in [5.41, 5.74) is 0.345. The van der Waals surface area contributed by atoms with Gasteiger partial charge in [-0.25, -0.2) is 4.79 Å². The van der Waals surface area contributed by atoms with E-state index in [1.54, 1.807) is 6.92 Å². The second-order valence-corrected chi connectivity index (χ2v) is 27.1. The van der Waals surface area contributed by atoms with E-state index in [-0.39, 0.29) is 79.6 Å². The maximum absolute atomic E-state index is 13.2. The Morgan fingerprint density at radius 2 is 0.964 bits per heavy atom. The number of esters is 4. The van der Waals surface area contributed by atoms with E-state index < -0.39 is 30.5 Å². The molecule has 4 aliphatic carbocycles. The normalized spacial score (nSPS) is 24.8. The third-order valence-electron chi connectivity index (χ3n) is 20.2. The number of rotatable bonds is 46. The molecule has 12 nitrogen and oxygen atoms in total. The van der Waals surface area contributed by atoms with Gasteiger partial charge in [0.25, 0.3) is 0 Å². The van der Waals surface area contributed by atoms with Crippen molar-refractivity contribution in [3.05, 3.63) is 24.3 Å². The van der Waals surface area contributed by atoms with Crippen molar-refractivity contribution in [3.63, 3.8) is 0 Å². The highest BCUT2D eigenvalue weighted by molar-refractivity contribution is 5.79. The lowest BCUT2D eigenvalue weighted by molar-refractivity contribution is -0.171. The Kier molecular flexibility index (Phi) is 36.6. The zero-order valence-corrected chi connectivity index (χ0v) is 54.5. The van der Waals surface area contributed by atoms with Crippen LogP contribution in [0.2, 0.25) is 0 Å². The van der Waals surface area contributed by atoms with E-state index in [0.717, 1.165) is 116 Å². The van der Waals surface area contributed by atoms with E-state index in [1.807, 2.05) is 6.92 Å². The summed E-state index contributed by atoms with van der Waals surface area (Å²) in [4.78, 5) is 77.2. The van der Waals surface area contributed by atoms with Gasteiger partial charge in [0.2, 0.25) is 6.29 Å². The molecule has 0 heterocycles. The van der Waals surface area contributed by atoms with E-state index in [9.17, 15) is 28.8 Å². The molecule has 0 aromatic carbocycles. The van der Waals surface area contributed by atoms with Crippen molar-refractivity contribution >= 4 is 35.8 Å². The number of carbonyl (C=O) groups excluding carboxylic acids is 6. The molecule has 4 rings (SSSR count). The summed E-state index contributed by atoms with van der Waals surface area (Å²) in [7, 11) is 0. The predicted octanol–water partition coefficient (Wildman–Crippen LogP) is 19.3. The van der Waals surface area contributed by atoms with Crippen molar-refractivity contribution in [1.29, 1.82) is 0 Å². The molecule has 0 aliphatic heterocycles. The molecule has 11 atom stereocenters. The summed E-state index contributed by atoms with van der Waals surface area (Å²) in [6.45, 7) is 14.3. The van der Waals surface area contributed by atoms with E-state index in [4.69, 9.17) is 28.4 Å². The molecule has 0 N–H and O–H groups in total. The molecular weight excluding hydrogens is 1060 g/mol. The fourth-order valence-electron chi connectivity index (χ4n) is 15.3. The van der Waals surface area contributed by atoms with Gasteiger partial charge in [-0.2, -0.15) is 0 Å². The highest BCUT2D eigenvalue weighted by atomic mass is 16.8. The fourth-order valence-corrected chi connectivity index (χ4v) is 15.3. The van der Waals surface area contributed by atoms with Crippen LogP contribution < -0.4 is 0 Å². The standard InChI is InChI=1S/C72H122O12/c1-8-10-12-14-16-18-20-22-24-26-28-30-32-34-36-41-66(74)79-54-61(55-80-67(75)42-37-35-33-31-29-27-25-23-21-19-17-15-13-11-9-2)83-69(77)52-56(3)40-38-39-43-68(76)81-58(5)82-70(78)84-60-48-50-71(6)59(53-60)44-45-62-64-47-46-63(57(4)73)72(64,7)51-49-65(62)71/h22-25,56,58-65H,8-21,26-55H2,1-7H3/b24-22-,25-23?/t56?,58?,59-,60-,61?,62-,63+,64-,65-,71-,72+/m0/s1. The summed E-state index contributed by atoms with van der Waals surface area (Å²) < 4.78 is 33.6. The largest absolute Gasteiger partial charge is 0.511 e. The SMILES string of the molecule is CCCCCCCCC=CCCCCCCCC(=O)OCC(COC(=O)CCCCCCC/C=C\CCCCCCCC)OC(=O)CC(C)CCCCC(=O)OC(C)OC(=O)O[C@H]1CC[C@@]2(C)[C@@H](CC[C@@H]3[C@@H]2CC[C@]2(C)[C@@H](C(C)=O)CC[C@@H]32)C1. The van der Waals surface area contributed by atoms with Crippen molar-refractivity contribution < 1.29 is 57.2 Å². The number of Topliss-reactive ketones (excluding diaryl/α,β-unsaturated/α-hetero) is 1. The summed E-state index contributed by atoms with van der Waals surface area (Å²) in [6.07, 6.45) is 48.8. The fraction of sp³-hybridized carbons (Fsp3) is 0.861. The third kappa shape index (κ3) is 28.0. The Balaban J connectivity index is 1.09. The van der Waals surface area contributed by atoms with Gasteiger partial charge in [-0.05, 0) is 176 Å². The van der Waals surface area contributed by atoms with Crippen molar-refractivity contribution in [2.45, 2.75) is 337 Å². The maximum atomic E-state index is 13.2. The second kappa shape index (κ2) is 42.2. The molecule has 4 aliphatic rings. The van der Waals surface area contributed by atoms with Crippen molar-refractivity contribution in [2.24, 2.45) is 46.3 Å². The molecule has 0 radical (unpaired) electrons. The predicted molar refractivity (Wildman–Crippen MR) is 336 cm³/mol. The van der Waals surface area contributed by atoms with Crippen LogP contribution >= 0.6 is 0 Å². The van der Waals surface area contributed by atoms with Crippen molar-refractivity contribution in [1.82, 2.24) is 0 Å². The summed E-state index contributed by atoms with van der Waals surface area (Å²) in [5, 5.41) is 0. The number of ether oxygens (including phenoxy) is 6. The molecule has 0 aromatic heterocycles. The van der Waals surface area contributed by atoms with Crippen molar-refractivity contribution in [3.8, 4) is 0 Å². The topological polar surface area (TPSA) is 158 Å². The van der Waals surface area contributed by atoms with Crippen molar-refractivity contribution in [2.75, 3.05) is 13.2 Å². The van der Waals surface area contributed by atoms with Crippen LogP contribution in [-0.4, -0.2) is 67.5 Å². The van der Waals surface area contributed by atoms with E-state index in [0.29, 0.717) is 48.7 Å². The van der Waals surface area contributed by atoms with Gasteiger partial charge < -0.3 is 28.4 Å². The van der Waals surface area contributed by atoms with Gasteiger partial charge in [0.1, 0.15) is 25.1 Å². The monoisotopic (exact) mass is 1180 g/mol. The summed E-state index contributed by atoms with van der Waals surface area (Å²) in [6, 6.07) is 0. The number of ketones is 1. The van der Waals surface area contributed by atoms with Gasteiger partial charge in [0.15, 0.2) is 6.10 Å². The molecule has 0 bridgehead atoms. The van der Waals surface area contributed by atoms with Crippen LogP contribution in [0.5, 0.6) is 0 Å². The highest BCUT2D eigenvalue weighted by Crippen LogP contribution is 2.67. The number of hydrogen-bond donors (Lipinski definition) is 0. The molecule has 4 saturated carbocycles. The Hall–Kier alpha value is -3.70. The van der Waals surface area contributed by atoms with Gasteiger partial charge in [0, 0.05) is 38.5 Å². The van der Waals surface area contributed by atoms with Gasteiger partial charge in [-0.15, -0.1) is 0 Å². The average molecular weight is 1180 g/mol. The number of hydrogen-bond acceptors (Lipinski definition) is 12. The van der Waals surface area contributed by atoms with E-state index >= 15 is 0 Å². The highest BCUT2D eigenvalue weighted by Gasteiger charge is 2.61. The number of unbranched alkanes of at least 4 members (excludes halogenated alkanes) is 23. The second-order valence-electron chi connectivity index (χ2n) is 27.1. The molecule has 482 valence electrons. The third-order valence-corrected chi connectivity index (χ3v) is 20.2.